The molecule has 0 N–H and O–H groups in total. The molecule has 8 heteroatoms. The van der Waals surface area contributed by atoms with Gasteiger partial charge in [-0.2, -0.15) is 0 Å². The second-order valence-corrected chi connectivity index (χ2v) is 7.86. The highest BCUT2D eigenvalue weighted by molar-refractivity contribution is 7.93. The van der Waals surface area contributed by atoms with Gasteiger partial charge in [0.25, 0.3) is 10.0 Å². The molecule has 0 bridgehead atoms. The van der Waals surface area contributed by atoms with E-state index >= 15 is 0 Å². The standard InChI is InChI=1S/C16H13Cl2NO4S/c1-23-15(20)9-13-16-12(18)7-10(17)8-14(16)24(21,22)19(13)11-5-3-2-4-6-11/h2-8,13H,9H2,1H3. The third-order valence-corrected chi connectivity index (χ3v) is 6.22. The van der Waals surface area contributed by atoms with Gasteiger partial charge in [-0.3, -0.25) is 9.10 Å². The van der Waals surface area contributed by atoms with E-state index < -0.39 is 22.0 Å². The number of rotatable bonds is 3. The number of ether oxygens (including phenoxy) is 1. The lowest BCUT2D eigenvalue weighted by Crippen LogP contribution is -2.29. The highest BCUT2D eigenvalue weighted by atomic mass is 35.5. The van der Waals surface area contributed by atoms with Crippen molar-refractivity contribution in [2.24, 2.45) is 0 Å². The quantitative estimate of drug-likeness (QED) is 0.753. The zero-order chi connectivity index (χ0) is 17.5. The van der Waals surface area contributed by atoms with Crippen molar-refractivity contribution in [3.8, 4) is 0 Å². The van der Waals surface area contributed by atoms with Crippen molar-refractivity contribution in [1.29, 1.82) is 0 Å². The van der Waals surface area contributed by atoms with E-state index in [0.717, 1.165) is 0 Å². The van der Waals surface area contributed by atoms with Gasteiger partial charge >= 0.3 is 5.97 Å². The summed E-state index contributed by atoms with van der Waals surface area (Å²) in [6.07, 6.45) is -0.154. The summed E-state index contributed by atoms with van der Waals surface area (Å²) in [5.41, 5.74) is 0.796. The number of halogens is 2. The van der Waals surface area contributed by atoms with E-state index in [1.807, 2.05) is 0 Å². The van der Waals surface area contributed by atoms with Gasteiger partial charge in [0.1, 0.15) is 0 Å². The van der Waals surface area contributed by atoms with Crippen molar-refractivity contribution in [3.05, 3.63) is 58.1 Å². The monoisotopic (exact) mass is 385 g/mol. The number of carbonyl (C=O) groups is 1. The van der Waals surface area contributed by atoms with Crippen LogP contribution in [0.1, 0.15) is 18.0 Å². The van der Waals surface area contributed by atoms with Gasteiger partial charge in [-0.05, 0) is 24.3 Å². The van der Waals surface area contributed by atoms with Crippen LogP contribution >= 0.6 is 23.2 Å². The number of sulfonamides is 1. The van der Waals surface area contributed by atoms with Gasteiger partial charge in [0.05, 0.1) is 30.2 Å². The van der Waals surface area contributed by atoms with Crippen LogP contribution in [0.25, 0.3) is 0 Å². The van der Waals surface area contributed by atoms with Gasteiger partial charge in [0.15, 0.2) is 0 Å². The van der Waals surface area contributed by atoms with Crippen LogP contribution in [0.3, 0.4) is 0 Å². The highest BCUT2D eigenvalue weighted by Crippen LogP contribution is 2.48. The van der Waals surface area contributed by atoms with Crippen LogP contribution in [0.15, 0.2) is 47.4 Å². The Kier molecular flexibility index (Phi) is 4.46. The number of para-hydroxylation sites is 1. The van der Waals surface area contributed by atoms with Crippen molar-refractivity contribution < 1.29 is 17.9 Å². The topological polar surface area (TPSA) is 63.7 Å². The number of anilines is 1. The first-order chi connectivity index (χ1) is 11.4. The van der Waals surface area contributed by atoms with Crippen molar-refractivity contribution in [2.75, 3.05) is 11.4 Å². The number of fused-ring (bicyclic) bond motifs is 1. The molecule has 3 rings (SSSR count). The van der Waals surface area contributed by atoms with Crippen molar-refractivity contribution in [2.45, 2.75) is 17.4 Å². The maximum atomic E-state index is 13.0. The molecule has 0 saturated carbocycles. The average Bonchev–Trinajstić information content (AvgIpc) is 2.75. The summed E-state index contributed by atoms with van der Waals surface area (Å²) in [6.45, 7) is 0. The van der Waals surface area contributed by atoms with Crippen molar-refractivity contribution >= 4 is 44.9 Å². The number of benzene rings is 2. The largest absolute Gasteiger partial charge is 0.469 e. The van der Waals surface area contributed by atoms with Gasteiger partial charge in [-0.25, -0.2) is 8.42 Å². The van der Waals surface area contributed by atoms with Gasteiger partial charge < -0.3 is 4.74 Å². The number of esters is 1. The minimum Gasteiger partial charge on any atom is -0.469 e. The van der Waals surface area contributed by atoms with Gasteiger partial charge in [0.2, 0.25) is 0 Å². The molecule has 0 radical (unpaired) electrons. The van der Waals surface area contributed by atoms with Crippen LogP contribution in [0.4, 0.5) is 5.69 Å². The molecule has 0 aliphatic carbocycles. The first-order valence-corrected chi connectivity index (χ1v) is 9.21. The molecule has 24 heavy (non-hydrogen) atoms. The van der Waals surface area contributed by atoms with Gasteiger partial charge in [-0.15, -0.1) is 0 Å². The second-order valence-electron chi connectivity index (χ2n) is 5.23. The van der Waals surface area contributed by atoms with E-state index in [2.05, 4.69) is 0 Å². The smallest absolute Gasteiger partial charge is 0.307 e. The fraction of sp³-hybridized carbons (Fsp3) is 0.188. The summed E-state index contributed by atoms with van der Waals surface area (Å²) in [5.74, 6) is -0.532. The molecule has 1 atom stereocenters. The summed E-state index contributed by atoms with van der Waals surface area (Å²) >= 11 is 12.2. The summed E-state index contributed by atoms with van der Waals surface area (Å²) in [5, 5.41) is 0.419. The molecule has 0 saturated heterocycles. The number of carbonyl (C=O) groups excluding carboxylic acids is 1. The lowest BCUT2D eigenvalue weighted by molar-refractivity contribution is -0.141. The van der Waals surface area contributed by atoms with E-state index in [1.165, 1.54) is 23.5 Å². The first kappa shape index (κ1) is 17.1. The first-order valence-electron chi connectivity index (χ1n) is 7.01. The molecule has 126 valence electrons. The van der Waals surface area contributed by atoms with E-state index in [9.17, 15) is 13.2 Å². The minimum atomic E-state index is -3.89. The average molecular weight is 386 g/mol. The van der Waals surface area contributed by atoms with Crippen LogP contribution in [0.5, 0.6) is 0 Å². The molecule has 2 aromatic rings. The SMILES string of the molecule is COC(=O)CC1c2c(Cl)cc(Cl)cc2S(=O)(=O)N1c1ccccc1. The lowest BCUT2D eigenvalue weighted by Gasteiger charge is -2.25. The highest BCUT2D eigenvalue weighted by Gasteiger charge is 2.45. The van der Waals surface area contributed by atoms with Crippen molar-refractivity contribution in [3.63, 3.8) is 0 Å². The number of methoxy groups -OCH3 is 1. The molecular formula is C16H13Cl2NO4S. The van der Waals surface area contributed by atoms with Crippen molar-refractivity contribution in [1.82, 2.24) is 0 Å². The molecule has 0 amide bonds. The Labute approximate surface area is 149 Å². The zero-order valence-corrected chi connectivity index (χ0v) is 14.9. The molecule has 0 fully saturated rings. The Morgan fingerprint density at radius 1 is 1.21 bits per heavy atom. The minimum absolute atomic E-state index is 0.0118. The number of hydrogen-bond donors (Lipinski definition) is 0. The second kappa shape index (κ2) is 6.27. The molecular weight excluding hydrogens is 373 g/mol. The van der Waals surface area contributed by atoms with Crippen LogP contribution in [-0.4, -0.2) is 21.5 Å². The maximum Gasteiger partial charge on any atom is 0.307 e. The van der Waals surface area contributed by atoms with E-state index in [4.69, 9.17) is 27.9 Å². The fourth-order valence-corrected chi connectivity index (χ4v) is 5.47. The van der Waals surface area contributed by atoms with Gasteiger partial charge in [0, 0.05) is 15.6 Å². The summed E-state index contributed by atoms with van der Waals surface area (Å²) in [4.78, 5) is 11.8. The Balaban J connectivity index is 2.24. The summed E-state index contributed by atoms with van der Waals surface area (Å²) in [7, 11) is -2.64. The van der Waals surface area contributed by atoms with Crippen LogP contribution in [0.2, 0.25) is 10.0 Å². The zero-order valence-electron chi connectivity index (χ0n) is 12.6. The summed E-state index contributed by atoms with van der Waals surface area (Å²) in [6, 6.07) is 10.6. The van der Waals surface area contributed by atoms with Crippen LogP contribution in [-0.2, 0) is 19.6 Å². The number of hydrogen-bond acceptors (Lipinski definition) is 4. The predicted octanol–water partition coefficient (Wildman–Crippen LogP) is 3.81. The van der Waals surface area contributed by atoms with E-state index in [-0.39, 0.29) is 21.4 Å². The van der Waals surface area contributed by atoms with Gasteiger partial charge in [-0.1, -0.05) is 41.4 Å². The Morgan fingerprint density at radius 3 is 2.50 bits per heavy atom. The predicted molar refractivity (Wildman–Crippen MR) is 91.9 cm³/mol. The Hall–Kier alpha value is -1.76. The Morgan fingerprint density at radius 2 is 1.88 bits per heavy atom. The molecule has 0 spiro atoms. The molecule has 1 aliphatic heterocycles. The maximum absolute atomic E-state index is 13.0. The van der Waals surface area contributed by atoms with Crippen LogP contribution < -0.4 is 4.31 Å². The third-order valence-electron chi connectivity index (χ3n) is 3.81. The Bertz CT molecular complexity index is 900. The van der Waals surface area contributed by atoms with E-state index in [1.54, 1.807) is 30.3 Å². The molecule has 2 aromatic carbocycles. The lowest BCUT2D eigenvalue weighted by atomic mass is 10.0. The molecule has 1 heterocycles. The molecule has 5 nitrogen and oxygen atoms in total. The van der Waals surface area contributed by atoms with Crippen LogP contribution in [0, 0.1) is 0 Å². The number of nitrogens with zero attached hydrogens (tertiary/aromatic N) is 1. The third kappa shape index (κ3) is 2.75. The molecule has 0 aromatic heterocycles. The fourth-order valence-electron chi connectivity index (χ4n) is 2.81. The van der Waals surface area contributed by atoms with E-state index in [0.29, 0.717) is 11.3 Å². The normalized spacial score (nSPS) is 18.3. The molecule has 1 unspecified atom stereocenters. The summed E-state index contributed by atoms with van der Waals surface area (Å²) < 4.78 is 32.0. The molecule has 1 aliphatic rings.